The lowest BCUT2D eigenvalue weighted by molar-refractivity contribution is -0.134. The van der Waals surface area contributed by atoms with Gasteiger partial charge in [0.25, 0.3) is 11.8 Å². The van der Waals surface area contributed by atoms with E-state index in [0.29, 0.717) is 65.0 Å². The summed E-state index contributed by atoms with van der Waals surface area (Å²) >= 11 is 0. The fourth-order valence-electron chi connectivity index (χ4n) is 10.3. The van der Waals surface area contributed by atoms with Gasteiger partial charge < -0.3 is 19.1 Å². The number of aromatic nitrogens is 2. The lowest BCUT2D eigenvalue weighted by Gasteiger charge is -2.38. The zero-order valence-electron chi connectivity index (χ0n) is 38.5. The van der Waals surface area contributed by atoms with E-state index in [0.717, 1.165) is 98.3 Å². The summed E-state index contributed by atoms with van der Waals surface area (Å²) in [5, 5.41) is 7.95. The molecule has 4 aliphatic heterocycles. The van der Waals surface area contributed by atoms with Crippen molar-refractivity contribution >= 4 is 44.4 Å². The van der Waals surface area contributed by atoms with Gasteiger partial charge in [-0.25, -0.2) is 8.42 Å². The van der Waals surface area contributed by atoms with Crippen LogP contribution < -0.4 is 19.5 Å². The summed E-state index contributed by atoms with van der Waals surface area (Å²) in [6.07, 6.45) is 6.05. The molecule has 5 aromatic rings. The summed E-state index contributed by atoms with van der Waals surface area (Å²) in [5.41, 5.74) is 4.89. The predicted molar refractivity (Wildman–Crippen MR) is 252 cm³/mol. The molecule has 0 spiro atoms. The van der Waals surface area contributed by atoms with Crippen molar-refractivity contribution in [2.45, 2.75) is 69.9 Å². The monoisotopic (exact) mass is 930 g/mol. The topological polar surface area (TPSA) is 170 Å². The minimum absolute atomic E-state index is 0.244. The zero-order valence-corrected chi connectivity index (χ0v) is 39.3. The van der Waals surface area contributed by atoms with Crippen LogP contribution in [0.15, 0.2) is 78.9 Å². The van der Waals surface area contributed by atoms with Crippen molar-refractivity contribution in [3.05, 3.63) is 112 Å². The van der Waals surface area contributed by atoms with Gasteiger partial charge in [0.05, 0.1) is 53.8 Å². The molecule has 5 heterocycles. The molecule has 0 bridgehead atoms. The van der Waals surface area contributed by atoms with E-state index >= 15 is 0 Å². The highest BCUT2D eigenvalue weighted by Gasteiger charge is 2.43. The number of carbonyl (C=O) groups excluding carboxylic acids is 4. The summed E-state index contributed by atoms with van der Waals surface area (Å²) in [4.78, 5) is 58.3. The molecule has 4 aromatic carbocycles. The molecule has 0 radical (unpaired) electrons. The Morgan fingerprint density at radius 1 is 0.791 bits per heavy atom. The highest BCUT2D eigenvalue weighted by atomic mass is 32.2. The van der Waals surface area contributed by atoms with Crippen LogP contribution in [0.25, 0.3) is 10.9 Å². The zero-order chi connectivity index (χ0) is 47.0. The van der Waals surface area contributed by atoms with E-state index in [-0.39, 0.29) is 17.7 Å². The van der Waals surface area contributed by atoms with E-state index < -0.39 is 39.4 Å². The van der Waals surface area contributed by atoms with E-state index in [1.165, 1.54) is 12.7 Å². The number of nitrogens with zero attached hydrogens (tertiary/aromatic N) is 5. The number of hydrogen-bond donors (Lipinski definition) is 1. The van der Waals surface area contributed by atoms with E-state index in [1.54, 1.807) is 28.9 Å². The highest BCUT2D eigenvalue weighted by Crippen LogP contribution is 2.39. The van der Waals surface area contributed by atoms with Gasteiger partial charge in [-0.1, -0.05) is 24.3 Å². The molecule has 9 rings (SSSR count). The van der Waals surface area contributed by atoms with Gasteiger partial charge in [-0.15, -0.1) is 0 Å². The highest BCUT2D eigenvalue weighted by molar-refractivity contribution is 7.90. The molecule has 0 aliphatic carbocycles. The third-order valence-electron chi connectivity index (χ3n) is 13.9. The first kappa shape index (κ1) is 46.0. The molecule has 1 aromatic heterocycles. The number of likely N-dealkylation sites (tertiary alicyclic amines) is 2. The summed E-state index contributed by atoms with van der Waals surface area (Å²) in [7, 11) is -0.242. The number of rotatable bonds is 15. The number of fused-ring (bicyclic) bond motifs is 2. The number of amides is 4. The van der Waals surface area contributed by atoms with Crippen molar-refractivity contribution in [3.63, 3.8) is 0 Å². The number of piperidine rings is 3. The van der Waals surface area contributed by atoms with E-state index in [9.17, 15) is 27.6 Å². The second-order valence-electron chi connectivity index (χ2n) is 18.5. The normalized spacial score (nSPS) is 19.5. The Labute approximate surface area is 391 Å². The number of nitrogens with one attached hydrogen (secondary N) is 1. The molecule has 16 heteroatoms. The molecule has 4 aliphatic rings. The molecular formula is C51H58N6O9S. The van der Waals surface area contributed by atoms with Crippen molar-refractivity contribution in [1.82, 2.24) is 29.8 Å². The van der Waals surface area contributed by atoms with Gasteiger partial charge in [0, 0.05) is 44.3 Å². The fraction of sp³-hybridized carbons (Fsp3) is 0.431. The second-order valence-corrected chi connectivity index (χ2v) is 20.7. The number of hydrogen-bond acceptors (Lipinski definition) is 12. The molecule has 3 saturated heterocycles. The average molecular weight is 931 g/mol. The second kappa shape index (κ2) is 19.2. The summed E-state index contributed by atoms with van der Waals surface area (Å²) in [5.74, 6) is 0.774. The number of aryl methyl sites for hydroxylation is 1. The molecule has 1 N–H and O–H groups in total. The third kappa shape index (κ3) is 9.97. The molecule has 3 fully saturated rings. The smallest absolute Gasteiger partial charge is 0.262 e. The molecule has 0 saturated carbocycles. The van der Waals surface area contributed by atoms with Crippen LogP contribution in [0.4, 0.5) is 0 Å². The SMILES string of the molecule is CCOc1cc([C@@H](CS(C)(=O)=O)N2C(=O)c3ccc(C4CCN(CC5CCN(Cc6ccc(Oc7ccc8c(C9CCC(=O)NC9=O)nn(C)c8c7)cc6)CC5)CC4)cc3C2=O)ccc1OC. The number of ether oxygens (including phenoxy) is 3. The molecule has 2 atom stereocenters. The van der Waals surface area contributed by atoms with Crippen LogP contribution in [-0.2, 0) is 33.0 Å². The van der Waals surface area contributed by atoms with Crippen molar-refractivity contribution < 1.29 is 41.8 Å². The van der Waals surface area contributed by atoms with Gasteiger partial charge >= 0.3 is 0 Å². The number of imide groups is 2. The van der Waals surface area contributed by atoms with Crippen LogP contribution in [0.3, 0.4) is 0 Å². The van der Waals surface area contributed by atoms with Crippen LogP contribution in [0.5, 0.6) is 23.0 Å². The number of methoxy groups -OCH3 is 1. The third-order valence-corrected chi connectivity index (χ3v) is 14.8. The average Bonchev–Trinajstić information content (AvgIpc) is 3.77. The molecule has 4 amide bonds. The Bertz CT molecular complexity index is 2810. The van der Waals surface area contributed by atoms with Crippen molar-refractivity contribution in [1.29, 1.82) is 0 Å². The fourth-order valence-corrected chi connectivity index (χ4v) is 11.2. The summed E-state index contributed by atoms with van der Waals surface area (Å²) < 4.78 is 44.5. The first-order valence-corrected chi connectivity index (χ1v) is 25.3. The lowest BCUT2D eigenvalue weighted by Crippen LogP contribution is -2.41. The molecule has 15 nitrogen and oxygen atoms in total. The first-order chi connectivity index (χ1) is 32.2. The van der Waals surface area contributed by atoms with Crippen LogP contribution in [-0.4, -0.2) is 115 Å². The Morgan fingerprint density at radius 2 is 1.51 bits per heavy atom. The van der Waals surface area contributed by atoms with Gasteiger partial charge in [0.1, 0.15) is 21.3 Å². The Kier molecular flexibility index (Phi) is 13.2. The first-order valence-electron chi connectivity index (χ1n) is 23.3. The molecule has 67 heavy (non-hydrogen) atoms. The van der Waals surface area contributed by atoms with Crippen molar-refractivity contribution in [2.24, 2.45) is 13.0 Å². The van der Waals surface area contributed by atoms with Crippen LogP contribution in [0, 0.1) is 5.92 Å². The van der Waals surface area contributed by atoms with E-state index in [1.807, 2.05) is 56.4 Å². The van der Waals surface area contributed by atoms with Crippen LogP contribution in [0.2, 0.25) is 0 Å². The minimum atomic E-state index is -3.60. The van der Waals surface area contributed by atoms with Gasteiger partial charge in [0.2, 0.25) is 11.8 Å². The maximum atomic E-state index is 14.1. The largest absolute Gasteiger partial charge is 0.493 e. The van der Waals surface area contributed by atoms with Crippen molar-refractivity contribution in [3.8, 4) is 23.0 Å². The number of benzene rings is 4. The van der Waals surface area contributed by atoms with Crippen LogP contribution in [0.1, 0.15) is 106 Å². The maximum absolute atomic E-state index is 14.1. The maximum Gasteiger partial charge on any atom is 0.262 e. The summed E-state index contributed by atoms with van der Waals surface area (Å²) in [6.45, 7) is 8.15. The standard InChI is InChI=1S/C51H58N6O9S/c1-5-65-46-27-36(9-16-45(46)64-3)44(31-67(4,62)63)57-50(60)39-13-8-35(26-42(39)51(57)61)34-20-24-56(25-21-34)30-33-18-22-55(23-19-33)29-32-6-10-37(11-7-32)66-38-12-14-40-43(28-38)54(2)53-48(40)41-15-17-47(58)52-49(41)59/h6-14,16,26-28,33-34,41,44H,5,15,17-25,29-31H2,1-4H3,(H,52,58,59)/t41?,44-/m1/s1. The van der Waals surface area contributed by atoms with Gasteiger partial charge in [0.15, 0.2) is 11.5 Å². The van der Waals surface area contributed by atoms with Gasteiger partial charge in [-0.05, 0) is 142 Å². The lowest BCUT2D eigenvalue weighted by atomic mass is 9.87. The molecule has 1 unspecified atom stereocenters. The van der Waals surface area contributed by atoms with E-state index in [2.05, 4.69) is 32.3 Å². The van der Waals surface area contributed by atoms with Gasteiger partial charge in [-0.2, -0.15) is 5.10 Å². The Morgan fingerprint density at radius 3 is 2.21 bits per heavy atom. The quantitative estimate of drug-likeness (QED) is 0.110. The number of sulfone groups is 1. The van der Waals surface area contributed by atoms with E-state index in [4.69, 9.17) is 14.2 Å². The van der Waals surface area contributed by atoms with Crippen molar-refractivity contribution in [2.75, 3.05) is 58.4 Å². The van der Waals surface area contributed by atoms with Crippen LogP contribution >= 0.6 is 0 Å². The molecule has 352 valence electrons. The Hall–Kier alpha value is -6.10. The predicted octanol–water partition coefficient (Wildman–Crippen LogP) is 6.77. The van der Waals surface area contributed by atoms with Gasteiger partial charge in [-0.3, -0.25) is 39.0 Å². The number of carbonyl (C=O) groups is 4. The summed E-state index contributed by atoms with van der Waals surface area (Å²) in [6, 6.07) is 23.5. The minimum Gasteiger partial charge on any atom is -0.493 e. The Balaban J connectivity index is 0.749. The molecular weight excluding hydrogens is 873 g/mol.